The first-order valence-electron chi connectivity index (χ1n) is 8.40. The van der Waals surface area contributed by atoms with Crippen LogP contribution in [-0.4, -0.2) is 54.6 Å². The molecule has 6 heteroatoms. The summed E-state index contributed by atoms with van der Waals surface area (Å²) in [6, 6.07) is 15.7. The maximum atomic E-state index is 10.3. The lowest BCUT2D eigenvalue weighted by atomic mass is 10.2. The summed E-state index contributed by atoms with van der Waals surface area (Å²) < 4.78 is 0. The van der Waals surface area contributed by atoms with Crippen molar-refractivity contribution in [1.29, 1.82) is 0 Å². The molecule has 0 bridgehead atoms. The van der Waals surface area contributed by atoms with E-state index in [1.54, 1.807) is 11.8 Å². The number of nitrogens with zero attached hydrogens (tertiary/aromatic N) is 2. The fourth-order valence-corrected chi connectivity index (χ4v) is 4.30. The van der Waals surface area contributed by atoms with E-state index in [9.17, 15) is 5.11 Å². The number of thioether (sulfide) groups is 1. The Morgan fingerprint density at radius 1 is 1.00 bits per heavy atom. The van der Waals surface area contributed by atoms with Crippen LogP contribution in [0.3, 0.4) is 0 Å². The molecule has 134 valence electrons. The van der Waals surface area contributed by atoms with Crippen LogP contribution in [0.1, 0.15) is 0 Å². The van der Waals surface area contributed by atoms with Gasteiger partial charge in [-0.1, -0.05) is 41.4 Å². The fraction of sp³-hybridized carbons (Fsp3) is 0.368. The summed E-state index contributed by atoms with van der Waals surface area (Å²) in [4.78, 5) is 5.68. The lowest BCUT2D eigenvalue weighted by molar-refractivity contribution is 0.126. The van der Waals surface area contributed by atoms with Crippen molar-refractivity contribution in [2.75, 3.05) is 43.4 Å². The third-order valence-electron chi connectivity index (χ3n) is 4.28. The van der Waals surface area contributed by atoms with Crippen LogP contribution in [0.2, 0.25) is 10.0 Å². The number of halogens is 2. The smallest absolute Gasteiger partial charge is 0.0760 e. The topological polar surface area (TPSA) is 26.7 Å². The molecule has 1 heterocycles. The van der Waals surface area contributed by atoms with Gasteiger partial charge < -0.3 is 10.0 Å². The van der Waals surface area contributed by atoms with Crippen molar-refractivity contribution in [3.8, 4) is 0 Å². The van der Waals surface area contributed by atoms with E-state index in [1.165, 1.54) is 5.69 Å². The number of hydrogen-bond donors (Lipinski definition) is 1. The normalized spacial score (nSPS) is 16.8. The minimum atomic E-state index is -0.362. The van der Waals surface area contributed by atoms with Gasteiger partial charge in [0.1, 0.15) is 0 Å². The Balaban J connectivity index is 1.43. The van der Waals surface area contributed by atoms with Crippen LogP contribution in [0.25, 0.3) is 0 Å². The highest BCUT2D eigenvalue weighted by atomic mass is 35.5. The van der Waals surface area contributed by atoms with Crippen LogP contribution in [0.15, 0.2) is 53.4 Å². The number of β-amino-alcohol motifs (C(OH)–C–C–N with tert-alkyl or cyclic N) is 1. The van der Waals surface area contributed by atoms with E-state index in [4.69, 9.17) is 23.2 Å². The van der Waals surface area contributed by atoms with Crippen molar-refractivity contribution < 1.29 is 5.11 Å². The van der Waals surface area contributed by atoms with Gasteiger partial charge in [-0.25, -0.2) is 0 Å². The van der Waals surface area contributed by atoms with Gasteiger partial charge in [0.25, 0.3) is 0 Å². The molecule has 1 aliphatic heterocycles. The average Bonchev–Trinajstić information content (AvgIpc) is 2.62. The molecule has 1 N–H and O–H groups in total. The Morgan fingerprint density at radius 2 is 1.76 bits per heavy atom. The van der Waals surface area contributed by atoms with Crippen molar-refractivity contribution in [3.05, 3.63) is 58.6 Å². The molecule has 1 unspecified atom stereocenters. The van der Waals surface area contributed by atoms with Crippen molar-refractivity contribution in [2.24, 2.45) is 0 Å². The molecule has 0 aliphatic carbocycles. The zero-order valence-electron chi connectivity index (χ0n) is 13.9. The van der Waals surface area contributed by atoms with Gasteiger partial charge in [0.2, 0.25) is 0 Å². The molecule has 0 amide bonds. The first-order valence-corrected chi connectivity index (χ1v) is 10.1. The quantitative estimate of drug-likeness (QED) is 0.737. The molecule has 3 rings (SSSR count). The van der Waals surface area contributed by atoms with Crippen LogP contribution in [0.4, 0.5) is 5.69 Å². The molecule has 2 aromatic rings. The third kappa shape index (κ3) is 5.53. The van der Waals surface area contributed by atoms with Gasteiger partial charge in [-0.05, 0) is 30.3 Å². The van der Waals surface area contributed by atoms with Gasteiger partial charge in [-0.15, -0.1) is 11.8 Å². The molecule has 1 fully saturated rings. The van der Waals surface area contributed by atoms with Gasteiger partial charge in [-0.2, -0.15) is 0 Å². The molecule has 0 spiro atoms. The van der Waals surface area contributed by atoms with Gasteiger partial charge in [0.15, 0.2) is 0 Å². The Bertz CT molecular complexity index is 693. The Morgan fingerprint density at radius 3 is 2.48 bits per heavy atom. The van der Waals surface area contributed by atoms with E-state index in [1.807, 2.05) is 42.5 Å². The molecule has 1 atom stereocenters. The number of benzene rings is 2. The van der Waals surface area contributed by atoms with Crippen LogP contribution >= 0.6 is 35.0 Å². The maximum Gasteiger partial charge on any atom is 0.0760 e. The van der Waals surface area contributed by atoms with E-state index in [2.05, 4.69) is 15.9 Å². The zero-order chi connectivity index (χ0) is 17.6. The second-order valence-corrected chi connectivity index (χ2v) is 8.07. The maximum absolute atomic E-state index is 10.3. The summed E-state index contributed by atoms with van der Waals surface area (Å²) in [5, 5.41) is 11.9. The molecule has 1 aliphatic rings. The highest BCUT2D eigenvalue weighted by molar-refractivity contribution is 7.99. The molecular formula is C19H22Cl2N2OS. The lowest BCUT2D eigenvalue weighted by Crippen LogP contribution is -2.48. The van der Waals surface area contributed by atoms with Crippen molar-refractivity contribution in [2.45, 2.75) is 11.0 Å². The Kier molecular flexibility index (Phi) is 6.91. The molecule has 0 radical (unpaired) electrons. The van der Waals surface area contributed by atoms with Crippen LogP contribution in [0, 0.1) is 0 Å². The van der Waals surface area contributed by atoms with Gasteiger partial charge >= 0.3 is 0 Å². The average molecular weight is 397 g/mol. The molecule has 3 nitrogen and oxygen atoms in total. The zero-order valence-corrected chi connectivity index (χ0v) is 16.3. The van der Waals surface area contributed by atoms with Crippen molar-refractivity contribution >= 4 is 40.7 Å². The summed E-state index contributed by atoms with van der Waals surface area (Å²) in [7, 11) is 0. The van der Waals surface area contributed by atoms with Crippen LogP contribution in [0.5, 0.6) is 0 Å². The second-order valence-electron chi connectivity index (χ2n) is 6.16. The Labute approximate surface area is 163 Å². The van der Waals surface area contributed by atoms with Gasteiger partial charge in [0.05, 0.1) is 11.1 Å². The monoisotopic (exact) mass is 396 g/mol. The summed E-state index contributed by atoms with van der Waals surface area (Å²) >= 11 is 13.8. The summed E-state index contributed by atoms with van der Waals surface area (Å²) in [6.45, 7) is 4.48. The molecule has 2 aromatic carbocycles. The lowest BCUT2D eigenvalue weighted by Gasteiger charge is -2.37. The standard InChI is InChI=1S/C19H22Cl2N2OS/c20-15-4-3-5-16(12-15)23-10-8-22(9-11-23)13-17(24)14-25-19-7-2-1-6-18(19)21/h1-7,12,17,24H,8-11,13-14H2. The first-order chi connectivity index (χ1) is 12.1. The van der Waals surface area contributed by atoms with Crippen molar-refractivity contribution in [3.63, 3.8) is 0 Å². The Hall–Kier alpha value is -0.910. The molecule has 0 saturated carbocycles. The van der Waals surface area contributed by atoms with E-state index in [0.717, 1.165) is 41.1 Å². The minimum Gasteiger partial charge on any atom is -0.391 e. The number of anilines is 1. The molecule has 0 aromatic heterocycles. The highest BCUT2D eigenvalue weighted by Gasteiger charge is 2.19. The summed E-state index contributed by atoms with van der Waals surface area (Å²) in [5.41, 5.74) is 1.17. The predicted octanol–water partition coefficient (Wildman–Crippen LogP) is 4.27. The van der Waals surface area contributed by atoms with Gasteiger partial charge in [0, 0.05) is 54.1 Å². The van der Waals surface area contributed by atoms with Crippen molar-refractivity contribution in [1.82, 2.24) is 4.90 Å². The number of aliphatic hydroxyl groups is 1. The largest absolute Gasteiger partial charge is 0.391 e. The summed E-state index contributed by atoms with van der Waals surface area (Å²) in [5.74, 6) is 0.651. The number of piperazine rings is 1. The number of aliphatic hydroxyl groups excluding tert-OH is 1. The van der Waals surface area contributed by atoms with Crippen LogP contribution in [-0.2, 0) is 0 Å². The van der Waals surface area contributed by atoms with E-state index < -0.39 is 0 Å². The predicted molar refractivity (Wildman–Crippen MR) is 108 cm³/mol. The molecule has 1 saturated heterocycles. The number of rotatable bonds is 6. The van der Waals surface area contributed by atoms with Crippen LogP contribution < -0.4 is 4.90 Å². The fourth-order valence-electron chi connectivity index (χ4n) is 2.96. The van der Waals surface area contributed by atoms with E-state index in [-0.39, 0.29) is 6.10 Å². The molecule has 25 heavy (non-hydrogen) atoms. The molecular weight excluding hydrogens is 375 g/mol. The second kappa shape index (κ2) is 9.15. The highest BCUT2D eigenvalue weighted by Crippen LogP contribution is 2.27. The summed E-state index contributed by atoms with van der Waals surface area (Å²) in [6.07, 6.45) is -0.362. The third-order valence-corrected chi connectivity index (χ3v) is 6.18. The van der Waals surface area contributed by atoms with E-state index >= 15 is 0 Å². The minimum absolute atomic E-state index is 0.362. The van der Waals surface area contributed by atoms with E-state index in [0.29, 0.717) is 12.3 Å². The SMILES string of the molecule is OC(CSc1ccccc1Cl)CN1CCN(c2cccc(Cl)c2)CC1. The first kappa shape index (κ1) is 18.9. The van der Waals surface area contributed by atoms with Gasteiger partial charge in [-0.3, -0.25) is 4.90 Å². The number of hydrogen-bond acceptors (Lipinski definition) is 4.